The topological polar surface area (TPSA) is 39.2 Å². The molecule has 0 radical (unpaired) electrons. The molecule has 108 valence electrons. The van der Waals surface area contributed by atoms with Crippen LogP contribution in [0, 0.1) is 0 Å². The first-order valence-corrected chi connectivity index (χ1v) is 7.74. The van der Waals surface area contributed by atoms with Crippen molar-refractivity contribution in [3.63, 3.8) is 0 Å². The molecule has 2 aromatic rings. The molecule has 2 nitrogen and oxygen atoms in total. The van der Waals surface area contributed by atoms with E-state index in [1.165, 1.54) is 34.9 Å². The number of hydrogen-bond acceptors (Lipinski definition) is 2. The third kappa shape index (κ3) is 2.16. The van der Waals surface area contributed by atoms with Crippen molar-refractivity contribution >= 4 is 11.0 Å². The molecule has 1 saturated carbocycles. The molecular formula is C18H25NO. The summed E-state index contributed by atoms with van der Waals surface area (Å²) in [6.07, 6.45) is 3.62. The largest absolute Gasteiger partial charge is 0.459 e. The lowest BCUT2D eigenvalue weighted by Gasteiger charge is -2.20. The highest BCUT2D eigenvalue weighted by Gasteiger charge is 2.32. The monoisotopic (exact) mass is 271 g/mol. The first-order valence-electron chi connectivity index (χ1n) is 7.74. The van der Waals surface area contributed by atoms with Crippen LogP contribution in [-0.4, -0.2) is 0 Å². The number of aryl methyl sites for hydroxylation is 1. The first-order chi connectivity index (χ1) is 9.45. The van der Waals surface area contributed by atoms with E-state index in [0.29, 0.717) is 12.5 Å². The zero-order valence-electron chi connectivity index (χ0n) is 13.0. The van der Waals surface area contributed by atoms with E-state index in [1.807, 2.05) is 0 Å². The zero-order chi connectivity index (χ0) is 14.5. The lowest BCUT2D eigenvalue weighted by molar-refractivity contribution is 0.522. The standard InChI is InChI=1S/C18H25NO/c1-5-11-8-13-16(12-6-7-12)15(10-19)20-17(13)14(9-11)18(2,3)4/h8-9,12H,5-7,10,19H2,1-4H3. The summed E-state index contributed by atoms with van der Waals surface area (Å²) in [5, 5.41) is 1.32. The fraction of sp³-hybridized carbons (Fsp3) is 0.556. The molecule has 0 spiro atoms. The summed E-state index contributed by atoms with van der Waals surface area (Å²) >= 11 is 0. The SMILES string of the molecule is CCc1cc(C(C)(C)C)c2oc(CN)c(C3CC3)c2c1. The van der Waals surface area contributed by atoms with E-state index >= 15 is 0 Å². The highest BCUT2D eigenvalue weighted by molar-refractivity contribution is 5.87. The third-order valence-corrected chi connectivity index (χ3v) is 4.35. The van der Waals surface area contributed by atoms with Crippen LogP contribution in [0.3, 0.4) is 0 Å². The molecule has 0 bridgehead atoms. The molecule has 3 rings (SSSR count). The number of benzene rings is 1. The molecule has 0 atom stereocenters. The predicted molar refractivity (Wildman–Crippen MR) is 84.2 cm³/mol. The number of rotatable bonds is 3. The number of hydrogen-bond donors (Lipinski definition) is 1. The van der Waals surface area contributed by atoms with E-state index in [1.54, 1.807) is 0 Å². The van der Waals surface area contributed by atoms with Gasteiger partial charge >= 0.3 is 0 Å². The Morgan fingerprint density at radius 2 is 1.95 bits per heavy atom. The molecule has 1 aliphatic rings. The Hall–Kier alpha value is -1.28. The molecule has 2 N–H and O–H groups in total. The van der Waals surface area contributed by atoms with Crippen LogP contribution in [-0.2, 0) is 18.4 Å². The van der Waals surface area contributed by atoms with E-state index in [-0.39, 0.29) is 5.41 Å². The Labute approximate surface area is 121 Å². The molecule has 0 unspecified atom stereocenters. The molecule has 1 aromatic heterocycles. The van der Waals surface area contributed by atoms with Crippen molar-refractivity contribution in [3.8, 4) is 0 Å². The Bertz CT molecular complexity index is 641. The number of furan rings is 1. The van der Waals surface area contributed by atoms with Gasteiger partial charge < -0.3 is 10.2 Å². The fourth-order valence-electron chi connectivity index (χ4n) is 3.06. The molecule has 0 saturated heterocycles. The normalized spacial score (nSPS) is 16.1. The molecular weight excluding hydrogens is 246 g/mol. The van der Waals surface area contributed by atoms with E-state index < -0.39 is 0 Å². The minimum absolute atomic E-state index is 0.0912. The Balaban J connectivity index is 2.34. The van der Waals surface area contributed by atoms with E-state index in [0.717, 1.165) is 17.8 Å². The van der Waals surface area contributed by atoms with Gasteiger partial charge in [-0.15, -0.1) is 0 Å². The molecule has 0 amide bonds. The van der Waals surface area contributed by atoms with Gasteiger partial charge in [0.05, 0.1) is 6.54 Å². The quantitative estimate of drug-likeness (QED) is 0.884. The molecule has 2 heteroatoms. The van der Waals surface area contributed by atoms with E-state index in [2.05, 4.69) is 39.8 Å². The maximum atomic E-state index is 6.18. The van der Waals surface area contributed by atoms with Gasteiger partial charge in [-0.05, 0) is 42.2 Å². The van der Waals surface area contributed by atoms with Crippen LogP contribution in [0.15, 0.2) is 16.5 Å². The van der Waals surface area contributed by atoms with Gasteiger partial charge in [0.2, 0.25) is 0 Å². The second kappa shape index (κ2) is 4.63. The van der Waals surface area contributed by atoms with Gasteiger partial charge in [-0.25, -0.2) is 0 Å². The first kappa shape index (κ1) is 13.7. The van der Waals surface area contributed by atoms with Gasteiger partial charge in [0.25, 0.3) is 0 Å². The molecule has 1 aromatic carbocycles. The van der Waals surface area contributed by atoms with Crippen molar-refractivity contribution in [2.45, 2.75) is 64.8 Å². The summed E-state index contributed by atoms with van der Waals surface area (Å²) in [6, 6.07) is 4.63. The zero-order valence-corrected chi connectivity index (χ0v) is 13.0. The molecule has 20 heavy (non-hydrogen) atoms. The Morgan fingerprint density at radius 3 is 2.45 bits per heavy atom. The van der Waals surface area contributed by atoms with Crippen LogP contribution >= 0.6 is 0 Å². The molecule has 1 fully saturated rings. The Morgan fingerprint density at radius 1 is 1.25 bits per heavy atom. The van der Waals surface area contributed by atoms with Crippen molar-refractivity contribution in [2.75, 3.05) is 0 Å². The molecule has 1 heterocycles. The average molecular weight is 271 g/mol. The van der Waals surface area contributed by atoms with Crippen molar-refractivity contribution in [1.82, 2.24) is 0 Å². The number of nitrogens with two attached hydrogens (primary N) is 1. The van der Waals surface area contributed by atoms with Crippen LogP contribution in [0.5, 0.6) is 0 Å². The highest BCUT2D eigenvalue weighted by Crippen LogP contribution is 2.47. The summed E-state index contributed by atoms with van der Waals surface area (Å²) in [4.78, 5) is 0. The second-order valence-corrected chi connectivity index (χ2v) is 7.04. The van der Waals surface area contributed by atoms with E-state index in [9.17, 15) is 0 Å². The highest BCUT2D eigenvalue weighted by atomic mass is 16.3. The lowest BCUT2D eigenvalue weighted by atomic mass is 9.84. The molecule has 1 aliphatic carbocycles. The van der Waals surface area contributed by atoms with Gasteiger partial charge in [-0.3, -0.25) is 0 Å². The minimum Gasteiger partial charge on any atom is -0.459 e. The minimum atomic E-state index is 0.0912. The second-order valence-electron chi connectivity index (χ2n) is 7.04. The van der Waals surface area contributed by atoms with Gasteiger partial charge in [0.15, 0.2) is 0 Å². The summed E-state index contributed by atoms with van der Waals surface area (Å²) in [7, 11) is 0. The summed E-state index contributed by atoms with van der Waals surface area (Å²) in [5.74, 6) is 1.68. The smallest absolute Gasteiger partial charge is 0.138 e. The number of fused-ring (bicyclic) bond motifs is 1. The summed E-state index contributed by atoms with van der Waals surface area (Å²) in [5.41, 5.74) is 11.2. The predicted octanol–water partition coefficient (Wildman–Crippen LogP) is 4.63. The van der Waals surface area contributed by atoms with Gasteiger partial charge in [-0.2, -0.15) is 0 Å². The average Bonchev–Trinajstić information content (AvgIpc) is 3.16. The van der Waals surface area contributed by atoms with Gasteiger partial charge in [-0.1, -0.05) is 33.8 Å². The van der Waals surface area contributed by atoms with E-state index in [4.69, 9.17) is 10.2 Å². The van der Waals surface area contributed by atoms with Crippen molar-refractivity contribution in [1.29, 1.82) is 0 Å². The maximum Gasteiger partial charge on any atom is 0.138 e. The third-order valence-electron chi connectivity index (χ3n) is 4.35. The van der Waals surface area contributed by atoms with Crippen molar-refractivity contribution < 1.29 is 4.42 Å². The summed E-state index contributed by atoms with van der Waals surface area (Å²) < 4.78 is 6.18. The van der Waals surface area contributed by atoms with Crippen molar-refractivity contribution in [3.05, 3.63) is 34.6 Å². The van der Waals surface area contributed by atoms with Gasteiger partial charge in [0, 0.05) is 16.5 Å². The van der Waals surface area contributed by atoms with Crippen LogP contribution in [0.4, 0.5) is 0 Å². The van der Waals surface area contributed by atoms with Crippen LogP contribution in [0.1, 0.15) is 68.9 Å². The maximum absolute atomic E-state index is 6.18. The fourth-order valence-corrected chi connectivity index (χ4v) is 3.06. The van der Waals surface area contributed by atoms with Gasteiger partial charge in [0.1, 0.15) is 11.3 Å². The van der Waals surface area contributed by atoms with Crippen LogP contribution in [0.2, 0.25) is 0 Å². The van der Waals surface area contributed by atoms with Crippen LogP contribution < -0.4 is 5.73 Å². The molecule has 0 aliphatic heterocycles. The van der Waals surface area contributed by atoms with Crippen molar-refractivity contribution in [2.24, 2.45) is 5.73 Å². The summed E-state index contributed by atoms with van der Waals surface area (Å²) in [6.45, 7) is 9.48. The Kier molecular flexibility index (Phi) is 3.17. The lowest BCUT2D eigenvalue weighted by Crippen LogP contribution is -2.12. The van der Waals surface area contributed by atoms with Crippen LogP contribution in [0.25, 0.3) is 11.0 Å².